The summed E-state index contributed by atoms with van der Waals surface area (Å²) in [7, 11) is 0. The monoisotopic (exact) mass is 691 g/mol. The lowest BCUT2D eigenvalue weighted by atomic mass is 10.1. The van der Waals surface area contributed by atoms with E-state index in [1.54, 1.807) is 0 Å². The molecule has 280 valence electrons. The summed E-state index contributed by atoms with van der Waals surface area (Å²) in [5, 5.41) is 0. The number of unbranched alkanes of at least 4 members (excludes halogenated alkanes) is 6. The molecule has 14 heteroatoms. The van der Waals surface area contributed by atoms with Crippen molar-refractivity contribution in [2.45, 2.75) is 58.3 Å². The zero-order valence-corrected chi connectivity index (χ0v) is 29.2. The first-order valence-electron chi connectivity index (χ1n) is 17.5. The molecule has 0 saturated heterocycles. The Labute approximate surface area is 286 Å². The van der Waals surface area contributed by atoms with E-state index >= 15 is 0 Å². The highest BCUT2D eigenvalue weighted by atomic mass is 16.6. The van der Waals surface area contributed by atoms with Gasteiger partial charge in [-0.15, -0.1) is 0 Å². The molecule has 14 nitrogen and oxygen atoms in total. The van der Waals surface area contributed by atoms with Gasteiger partial charge in [0.1, 0.15) is 6.61 Å². The third kappa shape index (κ3) is 29.0. The molecule has 48 heavy (non-hydrogen) atoms. The normalized spacial score (nSPS) is 12.9. The number of esters is 1. The van der Waals surface area contributed by atoms with E-state index in [9.17, 15) is 14.4 Å². The van der Waals surface area contributed by atoms with Crippen molar-refractivity contribution in [1.82, 2.24) is 4.90 Å². The summed E-state index contributed by atoms with van der Waals surface area (Å²) in [6.07, 6.45) is 11.3. The summed E-state index contributed by atoms with van der Waals surface area (Å²) in [4.78, 5) is 35.6. The average Bonchev–Trinajstić information content (AvgIpc) is 3.41. The summed E-state index contributed by atoms with van der Waals surface area (Å²) in [6, 6.07) is 0. The van der Waals surface area contributed by atoms with Gasteiger partial charge in [-0.2, -0.15) is 0 Å². The van der Waals surface area contributed by atoms with Gasteiger partial charge in [0.2, 0.25) is 0 Å². The quantitative estimate of drug-likeness (QED) is 0.0532. The van der Waals surface area contributed by atoms with Crippen molar-refractivity contribution in [3.05, 3.63) is 12.2 Å². The van der Waals surface area contributed by atoms with Gasteiger partial charge in [0.25, 0.3) is 11.8 Å². The van der Waals surface area contributed by atoms with Gasteiger partial charge in [-0.05, 0) is 6.42 Å². The molecular formula is C34H61NO13. The van der Waals surface area contributed by atoms with E-state index < -0.39 is 0 Å². The number of carbonyl (C=O) groups excluding carboxylic acids is 3. The van der Waals surface area contributed by atoms with Crippen LogP contribution in [0.15, 0.2) is 12.2 Å². The number of carbonyl (C=O) groups is 3. The fourth-order valence-electron chi connectivity index (χ4n) is 4.18. The van der Waals surface area contributed by atoms with Gasteiger partial charge in [0.05, 0.1) is 125 Å². The van der Waals surface area contributed by atoms with E-state index in [0.717, 1.165) is 17.7 Å². The second-order valence-electron chi connectivity index (χ2n) is 10.8. The number of rotatable bonds is 38. The minimum absolute atomic E-state index is 0.147. The van der Waals surface area contributed by atoms with Crippen molar-refractivity contribution in [1.29, 1.82) is 0 Å². The van der Waals surface area contributed by atoms with Crippen LogP contribution in [0.4, 0.5) is 0 Å². The van der Waals surface area contributed by atoms with Crippen LogP contribution in [0.3, 0.4) is 0 Å². The lowest BCUT2D eigenvalue weighted by Gasteiger charge is -2.13. The van der Waals surface area contributed by atoms with E-state index in [1.165, 1.54) is 44.3 Å². The maximum Gasteiger partial charge on any atom is 0.305 e. The van der Waals surface area contributed by atoms with E-state index in [4.69, 9.17) is 47.4 Å². The minimum atomic E-state index is -0.308. The lowest BCUT2D eigenvalue weighted by Crippen LogP contribution is -2.33. The van der Waals surface area contributed by atoms with Gasteiger partial charge in [-0.3, -0.25) is 19.3 Å². The molecule has 0 aliphatic carbocycles. The van der Waals surface area contributed by atoms with Crippen molar-refractivity contribution in [3.63, 3.8) is 0 Å². The molecule has 1 heterocycles. The van der Waals surface area contributed by atoms with Crippen LogP contribution in [0, 0.1) is 0 Å². The van der Waals surface area contributed by atoms with Crippen LogP contribution in [-0.4, -0.2) is 155 Å². The van der Waals surface area contributed by atoms with Gasteiger partial charge in [0.15, 0.2) is 0 Å². The van der Waals surface area contributed by atoms with E-state index in [-0.39, 0.29) is 37.5 Å². The molecule has 0 aromatic heterocycles. The third-order valence-electron chi connectivity index (χ3n) is 6.81. The molecule has 1 aliphatic heterocycles. The molecule has 0 atom stereocenters. The third-order valence-corrected chi connectivity index (χ3v) is 6.81. The standard InChI is InChI=1S/C34H61NO13/c1-2-3-4-5-6-7-8-9-34(38)48-31-30-47-29-28-46-27-26-45-25-24-44-23-22-43-21-20-42-19-18-41-17-16-40-15-14-39-13-12-35-32(36)10-11-33(35)37/h10-11H,2-9,12-31H2,1H3. The predicted octanol–water partition coefficient (Wildman–Crippen LogP) is 2.74. The zero-order valence-electron chi connectivity index (χ0n) is 29.2. The van der Waals surface area contributed by atoms with Crippen LogP contribution >= 0.6 is 0 Å². The highest BCUT2D eigenvalue weighted by molar-refractivity contribution is 6.12. The Morgan fingerprint density at radius 2 is 0.771 bits per heavy atom. The highest BCUT2D eigenvalue weighted by Crippen LogP contribution is 2.08. The van der Waals surface area contributed by atoms with Gasteiger partial charge in [0, 0.05) is 18.6 Å². The number of hydrogen-bond acceptors (Lipinski definition) is 13. The second-order valence-corrected chi connectivity index (χ2v) is 10.8. The number of imide groups is 1. The first kappa shape index (κ1) is 44.0. The number of nitrogens with zero attached hydrogens (tertiary/aromatic N) is 1. The molecule has 0 fully saturated rings. The van der Waals surface area contributed by atoms with Crippen LogP contribution in [0.1, 0.15) is 58.3 Å². The summed E-state index contributed by atoms with van der Waals surface area (Å²) in [5.74, 6) is -0.763. The Hall–Kier alpha value is -2.01. The number of ether oxygens (including phenoxy) is 10. The van der Waals surface area contributed by atoms with Crippen molar-refractivity contribution in [2.24, 2.45) is 0 Å². The molecule has 0 N–H and O–H groups in total. The molecule has 0 spiro atoms. The van der Waals surface area contributed by atoms with Gasteiger partial charge in [-0.1, -0.05) is 45.4 Å². The van der Waals surface area contributed by atoms with Crippen LogP contribution in [-0.2, 0) is 61.8 Å². The van der Waals surface area contributed by atoms with Gasteiger partial charge < -0.3 is 47.4 Å². The Kier molecular flexibility index (Phi) is 31.9. The molecule has 0 aromatic carbocycles. The molecular weight excluding hydrogens is 630 g/mol. The molecule has 0 aromatic rings. The largest absolute Gasteiger partial charge is 0.463 e. The van der Waals surface area contributed by atoms with Crippen molar-refractivity contribution < 1.29 is 61.8 Å². The summed E-state index contributed by atoms with van der Waals surface area (Å²) in [6.45, 7) is 10.7. The maximum absolute atomic E-state index is 11.7. The molecule has 0 unspecified atom stereocenters. The van der Waals surface area contributed by atoms with Crippen molar-refractivity contribution in [2.75, 3.05) is 132 Å². The molecule has 1 rings (SSSR count). The summed E-state index contributed by atoms with van der Waals surface area (Å²) >= 11 is 0. The molecule has 1 aliphatic rings. The molecule has 0 bridgehead atoms. The van der Waals surface area contributed by atoms with Crippen LogP contribution in [0.5, 0.6) is 0 Å². The SMILES string of the molecule is CCCCCCCCCC(=O)OCCOCCOCCOCCOCCOCCOCCOCCOCCOCCN1C(=O)C=CC1=O. The number of hydrogen-bond donors (Lipinski definition) is 0. The molecule has 0 saturated carbocycles. The van der Waals surface area contributed by atoms with E-state index in [0.29, 0.717) is 119 Å². The molecule has 0 radical (unpaired) electrons. The first-order chi connectivity index (χ1) is 23.6. The molecule has 2 amide bonds. The Morgan fingerprint density at radius 1 is 0.458 bits per heavy atom. The van der Waals surface area contributed by atoms with E-state index in [1.807, 2.05) is 0 Å². The van der Waals surface area contributed by atoms with Gasteiger partial charge in [-0.25, -0.2) is 0 Å². The Bertz CT molecular complexity index is 781. The van der Waals surface area contributed by atoms with E-state index in [2.05, 4.69) is 6.92 Å². The number of amides is 2. The van der Waals surface area contributed by atoms with Crippen LogP contribution in [0.2, 0.25) is 0 Å². The Morgan fingerprint density at radius 3 is 1.15 bits per heavy atom. The topological polar surface area (TPSA) is 147 Å². The van der Waals surface area contributed by atoms with Crippen LogP contribution in [0.25, 0.3) is 0 Å². The predicted molar refractivity (Wildman–Crippen MR) is 177 cm³/mol. The zero-order chi connectivity index (χ0) is 34.6. The highest BCUT2D eigenvalue weighted by Gasteiger charge is 2.22. The first-order valence-corrected chi connectivity index (χ1v) is 17.5. The summed E-state index contributed by atoms with van der Waals surface area (Å²) < 4.78 is 54.1. The summed E-state index contributed by atoms with van der Waals surface area (Å²) in [5.41, 5.74) is 0. The minimum Gasteiger partial charge on any atom is -0.463 e. The van der Waals surface area contributed by atoms with Crippen molar-refractivity contribution in [3.8, 4) is 0 Å². The smallest absolute Gasteiger partial charge is 0.305 e. The Balaban J connectivity index is 1.64. The van der Waals surface area contributed by atoms with Crippen LogP contribution < -0.4 is 0 Å². The fraction of sp³-hybridized carbons (Fsp3) is 0.853. The van der Waals surface area contributed by atoms with Crippen molar-refractivity contribution >= 4 is 17.8 Å². The lowest BCUT2D eigenvalue weighted by molar-refractivity contribution is -0.145. The van der Waals surface area contributed by atoms with Gasteiger partial charge >= 0.3 is 5.97 Å². The second kappa shape index (κ2) is 34.8. The average molecular weight is 692 g/mol. The maximum atomic E-state index is 11.7. The fourth-order valence-corrected chi connectivity index (χ4v) is 4.18.